The SMILES string of the molecule is Cc1cc(C=CC(=O)O)sc1C=O. The van der Waals surface area contributed by atoms with Crippen LogP contribution >= 0.6 is 11.3 Å². The highest BCUT2D eigenvalue weighted by molar-refractivity contribution is 7.14. The molecule has 1 rings (SSSR count). The zero-order chi connectivity index (χ0) is 9.84. The highest BCUT2D eigenvalue weighted by atomic mass is 32.1. The summed E-state index contributed by atoms with van der Waals surface area (Å²) in [6.07, 6.45) is 3.31. The van der Waals surface area contributed by atoms with E-state index < -0.39 is 5.97 Å². The highest BCUT2D eigenvalue weighted by Gasteiger charge is 2.01. The summed E-state index contributed by atoms with van der Waals surface area (Å²) in [5.74, 6) is -0.987. The van der Waals surface area contributed by atoms with E-state index in [1.54, 1.807) is 6.07 Å². The number of carbonyl (C=O) groups is 2. The molecule has 0 aliphatic carbocycles. The van der Waals surface area contributed by atoms with Crippen LogP contribution in [0.4, 0.5) is 0 Å². The van der Waals surface area contributed by atoms with Crippen molar-refractivity contribution in [3.8, 4) is 0 Å². The molecule has 0 radical (unpaired) electrons. The molecule has 0 aromatic carbocycles. The van der Waals surface area contributed by atoms with Crippen molar-refractivity contribution in [2.75, 3.05) is 0 Å². The van der Waals surface area contributed by atoms with Gasteiger partial charge in [0.2, 0.25) is 0 Å². The summed E-state index contributed by atoms with van der Waals surface area (Å²) in [4.78, 5) is 22.1. The van der Waals surface area contributed by atoms with Gasteiger partial charge in [0, 0.05) is 11.0 Å². The van der Waals surface area contributed by atoms with Crippen molar-refractivity contribution in [3.05, 3.63) is 27.5 Å². The third-order valence-electron chi connectivity index (χ3n) is 1.47. The second-order valence-electron chi connectivity index (χ2n) is 2.49. The monoisotopic (exact) mass is 196 g/mol. The minimum atomic E-state index is -0.987. The quantitative estimate of drug-likeness (QED) is 0.594. The molecule has 0 fully saturated rings. The fraction of sp³-hybridized carbons (Fsp3) is 0.111. The standard InChI is InChI=1S/C9H8O3S/c1-6-4-7(2-3-9(11)12)13-8(6)5-10/h2-5H,1H3,(H,11,12). The molecule has 4 heteroatoms. The van der Waals surface area contributed by atoms with Gasteiger partial charge in [-0.2, -0.15) is 0 Å². The molecule has 0 saturated carbocycles. The molecule has 0 aliphatic rings. The number of hydrogen-bond donors (Lipinski definition) is 1. The number of aliphatic carboxylic acids is 1. The van der Waals surface area contributed by atoms with Crippen molar-refractivity contribution >= 4 is 29.7 Å². The number of thiophene rings is 1. The lowest BCUT2D eigenvalue weighted by Crippen LogP contribution is -1.84. The molecule has 0 saturated heterocycles. The smallest absolute Gasteiger partial charge is 0.328 e. The van der Waals surface area contributed by atoms with Crippen LogP contribution < -0.4 is 0 Å². The number of carbonyl (C=O) groups excluding carboxylic acids is 1. The van der Waals surface area contributed by atoms with Gasteiger partial charge < -0.3 is 5.11 Å². The van der Waals surface area contributed by atoms with Gasteiger partial charge in [-0.3, -0.25) is 4.79 Å². The van der Waals surface area contributed by atoms with Crippen LogP contribution in [0.25, 0.3) is 6.08 Å². The number of aldehydes is 1. The van der Waals surface area contributed by atoms with E-state index >= 15 is 0 Å². The average molecular weight is 196 g/mol. The van der Waals surface area contributed by atoms with Gasteiger partial charge in [0.05, 0.1) is 4.88 Å². The Morgan fingerprint density at radius 2 is 2.31 bits per heavy atom. The molecule has 1 aromatic rings. The van der Waals surface area contributed by atoms with E-state index in [9.17, 15) is 9.59 Å². The van der Waals surface area contributed by atoms with E-state index in [2.05, 4.69) is 0 Å². The fourth-order valence-electron chi connectivity index (χ4n) is 0.874. The number of hydrogen-bond acceptors (Lipinski definition) is 3. The number of aryl methyl sites for hydroxylation is 1. The van der Waals surface area contributed by atoms with Gasteiger partial charge in [0.15, 0.2) is 6.29 Å². The summed E-state index contributed by atoms with van der Waals surface area (Å²) < 4.78 is 0. The van der Waals surface area contributed by atoms with E-state index in [0.29, 0.717) is 4.88 Å². The molecule has 0 unspecified atom stereocenters. The molecule has 0 spiro atoms. The van der Waals surface area contributed by atoms with E-state index in [-0.39, 0.29) is 0 Å². The van der Waals surface area contributed by atoms with E-state index in [1.807, 2.05) is 6.92 Å². The third kappa shape index (κ3) is 2.52. The van der Waals surface area contributed by atoms with Crippen LogP contribution in [0.2, 0.25) is 0 Å². The van der Waals surface area contributed by atoms with Crippen LogP contribution in [-0.2, 0) is 4.79 Å². The van der Waals surface area contributed by atoms with Crippen LogP contribution in [0, 0.1) is 6.92 Å². The summed E-state index contributed by atoms with van der Waals surface area (Å²) in [6, 6.07) is 1.79. The Labute approximate surface area is 79.3 Å². The minimum absolute atomic E-state index is 0.644. The number of rotatable bonds is 3. The maximum Gasteiger partial charge on any atom is 0.328 e. The fourth-order valence-corrected chi connectivity index (χ4v) is 1.77. The van der Waals surface area contributed by atoms with Crippen LogP contribution in [0.5, 0.6) is 0 Å². The van der Waals surface area contributed by atoms with Crippen molar-refractivity contribution in [3.63, 3.8) is 0 Å². The second-order valence-corrected chi connectivity index (χ2v) is 3.60. The Kier molecular flexibility index (Phi) is 2.97. The maximum atomic E-state index is 10.4. The minimum Gasteiger partial charge on any atom is -0.478 e. The van der Waals surface area contributed by atoms with Crippen LogP contribution in [-0.4, -0.2) is 17.4 Å². The van der Waals surface area contributed by atoms with E-state index in [4.69, 9.17) is 5.11 Å². The van der Waals surface area contributed by atoms with Crippen molar-refractivity contribution in [1.82, 2.24) is 0 Å². The Hall–Kier alpha value is -1.42. The first kappa shape index (κ1) is 9.67. The number of carboxylic acids is 1. The Bertz CT molecular complexity index is 363. The van der Waals surface area contributed by atoms with Gasteiger partial charge >= 0.3 is 5.97 Å². The summed E-state index contributed by atoms with van der Waals surface area (Å²) in [5, 5.41) is 8.36. The van der Waals surface area contributed by atoms with Crippen molar-refractivity contribution < 1.29 is 14.7 Å². The first-order chi connectivity index (χ1) is 6.13. The molecule has 68 valence electrons. The normalized spacial score (nSPS) is 10.5. The molecule has 1 N–H and O–H groups in total. The Morgan fingerprint density at radius 3 is 2.77 bits per heavy atom. The van der Waals surface area contributed by atoms with E-state index in [0.717, 1.165) is 22.8 Å². The predicted octanol–water partition coefficient (Wildman–Crippen LogP) is 1.97. The first-order valence-electron chi connectivity index (χ1n) is 3.60. The van der Waals surface area contributed by atoms with Gasteiger partial charge in [-0.15, -0.1) is 11.3 Å². The molecular formula is C9H8O3S. The van der Waals surface area contributed by atoms with Crippen LogP contribution in [0.15, 0.2) is 12.1 Å². The lowest BCUT2D eigenvalue weighted by atomic mass is 10.3. The van der Waals surface area contributed by atoms with E-state index in [1.165, 1.54) is 17.4 Å². The lowest BCUT2D eigenvalue weighted by molar-refractivity contribution is -0.131. The zero-order valence-electron chi connectivity index (χ0n) is 6.98. The van der Waals surface area contributed by atoms with Crippen molar-refractivity contribution in [2.45, 2.75) is 6.92 Å². The average Bonchev–Trinajstić information content (AvgIpc) is 2.43. The molecule has 0 bridgehead atoms. The molecule has 13 heavy (non-hydrogen) atoms. The number of carboxylic acid groups (broad SMARTS) is 1. The third-order valence-corrected chi connectivity index (χ3v) is 2.60. The van der Waals surface area contributed by atoms with Crippen molar-refractivity contribution in [1.29, 1.82) is 0 Å². The molecule has 0 atom stereocenters. The van der Waals surface area contributed by atoms with Crippen LogP contribution in [0.1, 0.15) is 20.1 Å². The topological polar surface area (TPSA) is 54.4 Å². The molecule has 1 aromatic heterocycles. The Balaban J connectivity index is 2.91. The molecule has 0 aliphatic heterocycles. The summed E-state index contributed by atoms with van der Waals surface area (Å²) in [5.41, 5.74) is 0.880. The molecular weight excluding hydrogens is 188 g/mol. The van der Waals surface area contributed by atoms with Crippen molar-refractivity contribution in [2.24, 2.45) is 0 Å². The lowest BCUT2D eigenvalue weighted by Gasteiger charge is -1.79. The molecule has 3 nitrogen and oxygen atoms in total. The maximum absolute atomic E-state index is 10.4. The highest BCUT2D eigenvalue weighted by Crippen LogP contribution is 2.20. The predicted molar refractivity (Wildman–Crippen MR) is 51.1 cm³/mol. The molecule has 1 heterocycles. The first-order valence-corrected chi connectivity index (χ1v) is 4.41. The second kappa shape index (κ2) is 4.00. The van der Waals surface area contributed by atoms with Gasteiger partial charge in [0.25, 0.3) is 0 Å². The largest absolute Gasteiger partial charge is 0.478 e. The molecule has 0 amide bonds. The van der Waals surface area contributed by atoms with Gasteiger partial charge in [-0.05, 0) is 24.6 Å². The zero-order valence-corrected chi connectivity index (χ0v) is 7.80. The summed E-state index contributed by atoms with van der Waals surface area (Å²) >= 11 is 1.28. The van der Waals surface area contributed by atoms with Gasteiger partial charge in [0.1, 0.15) is 0 Å². The van der Waals surface area contributed by atoms with Crippen LogP contribution in [0.3, 0.4) is 0 Å². The van der Waals surface area contributed by atoms with Gasteiger partial charge in [-0.25, -0.2) is 4.79 Å². The summed E-state index contributed by atoms with van der Waals surface area (Å²) in [7, 11) is 0. The Morgan fingerprint density at radius 1 is 1.62 bits per heavy atom. The summed E-state index contributed by atoms with van der Waals surface area (Å²) in [6.45, 7) is 1.82. The van der Waals surface area contributed by atoms with Gasteiger partial charge in [-0.1, -0.05) is 0 Å².